The van der Waals surface area contributed by atoms with E-state index >= 15 is 0 Å². The van der Waals surface area contributed by atoms with Crippen LogP contribution in [0.1, 0.15) is 22.8 Å². The van der Waals surface area contributed by atoms with Crippen LogP contribution in [0.25, 0.3) is 0 Å². The number of nitrogens with one attached hydrogen (secondary N) is 1. The maximum Gasteiger partial charge on any atom is 0.271 e. The molecule has 0 unspecified atom stereocenters. The highest BCUT2D eigenvalue weighted by Gasteiger charge is 2.04. The molecule has 0 aliphatic carbocycles. The van der Waals surface area contributed by atoms with Crippen LogP contribution < -0.4 is 14.9 Å². The summed E-state index contributed by atoms with van der Waals surface area (Å²) >= 11 is 0. The lowest BCUT2D eigenvalue weighted by molar-refractivity contribution is 0.0955. The first-order valence-electron chi connectivity index (χ1n) is 7.45. The predicted octanol–water partition coefficient (Wildman–Crippen LogP) is 2.86. The number of terminal acetylenes is 1. The summed E-state index contributed by atoms with van der Waals surface area (Å²) < 4.78 is 10.6. The molecule has 0 aliphatic rings. The largest absolute Gasteiger partial charge is 0.494 e. The number of amides is 1. The Morgan fingerprint density at radius 1 is 1.12 bits per heavy atom. The minimum absolute atomic E-state index is 0.228. The molecule has 0 aromatic heterocycles. The Bertz CT molecular complexity index is 729. The SMILES string of the molecule is C#CCOc1ccc(/C=N\NC(=O)c2ccc(OCC)cc2)cc1. The van der Waals surface area contributed by atoms with Crippen molar-refractivity contribution < 1.29 is 14.3 Å². The Morgan fingerprint density at radius 3 is 2.38 bits per heavy atom. The van der Waals surface area contributed by atoms with Crippen LogP contribution in [0, 0.1) is 12.3 Å². The molecule has 0 fully saturated rings. The molecule has 2 rings (SSSR count). The number of hydrazone groups is 1. The zero-order valence-electron chi connectivity index (χ0n) is 13.4. The lowest BCUT2D eigenvalue weighted by Gasteiger charge is -2.04. The van der Waals surface area contributed by atoms with E-state index in [-0.39, 0.29) is 12.5 Å². The summed E-state index contributed by atoms with van der Waals surface area (Å²) in [4.78, 5) is 12.0. The maximum absolute atomic E-state index is 12.0. The van der Waals surface area contributed by atoms with Gasteiger partial charge >= 0.3 is 0 Å². The van der Waals surface area contributed by atoms with Crippen molar-refractivity contribution in [3.05, 3.63) is 59.7 Å². The second kappa shape index (κ2) is 9.01. The van der Waals surface area contributed by atoms with E-state index in [0.29, 0.717) is 17.9 Å². The summed E-state index contributed by atoms with van der Waals surface area (Å²) in [6.07, 6.45) is 6.68. The molecule has 0 bridgehead atoms. The van der Waals surface area contributed by atoms with Gasteiger partial charge in [0.05, 0.1) is 12.8 Å². The van der Waals surface area contributed by atoms with Gasteiger partial charge in [-0.05, 0) is 61.0 Å². The molecule has 2 aromatic rings. The molecule has 0 spiro atoms. The van der Waals surface area contributed by atoms with Crippen molar-refractivity contribution >= 4 is 12.1 Å². The predicted molar refractivity (Wildman–Crippen MR) is 93.4 cm³/mol. The molecule has 122 valence electrons. The van der Waals surface area contributed by atoms with Crippen LogP contribution in [0.5, 0.6) is 11.5 Å². The van der Waals surface area contributed by atoms with Gasteiger partial charge in [-0.25, -0.2) is 5.43 Å². The zero-order chi connectivity index (χ0) is 17.2. The minimum Gasteiger partial charge on any atom is -0.494 e. The molecule has 5 heteroatoms. The Hall–Kier alpha value is -3.26. The number of benzene rings is 2. The van der Waals surface area contributed by atoms with E-state index in [1.54, 1.807) is 42.6 Å². The molecule has 5 nitrogen and oxygen atoms in total. The molecule has 0 saturated carbocycles. The van der Waals surface area contributed by atoms with Gasteiger partial charge in [0.25, 0.3) is 5.91 Å². The molecule has 1 amide bonds. The monoisotopic (exact) mass is 322 g/mol. The number of carbonyl (C=O) groups excluding carboxylic acids is 1. The van der Waals surface area contributed by atoms with Crippen molar-refractivity contribution in [3.63, 3.8) is 0 Å². The van der Waals surface area contributed by atoms with Gasteiger partial charge in [0, 0.05) is 5.56 Å². The first-order valence-corrected chi connectivity index (χ1v) is 7.45. The molecule has 0 radical (unpaired) electrons. The fourth-order valence-corrected chi connectivity index (χ4v) is 1.87. The van der Waals surface area contributed by atoms with Crippen LogP contribution >= 0.6 is 0 Å². The fourth-order valence-electron chi connectivity index (χ4n) is 1.87. The standard InChI is InChI=1S/C19H18N2O3/c1-3-13-24-18-9-5-15(6-10-18)14-20-21-19(22)16-7-11-17(12-8-16)23-4-2/h1,5-12,14H,4,13H2,2H3,(H,21,22)/b20-14-. The Labute approximate surface area is 141 Å². The Balaban J connectivity index is 1.88. The van der Waals surface area contributed by atoms with Crippen molar-refractivity contribution in [1.82, 2.24) is 5.43 Å². The van der Waals surface area contributed by atoms with Crippen LogP contribution in [0.4, 0.5) is 0 Å². The highest BCUT2D eigenvalue weighted by Crippen LogP contribution is 2.12. The number of nitrogens with zero attached hydrogens (tertiary/aromatic N) is 1. The number of hydrogen-bond donors (Lipinski definition) is 1. The van der Waals surface area contributed by atoms with Crippen molar-refractivity contribution in [1.29, 1.82) is 0 Å². The second-order valence-electron chi connectivity index (χ2n) is 4.72. The average Bonchev–Trinajstić information content (AvgIpc) is 2.62. The molecule has 24 heavy (non-hydrogen) atoms. The van der Waals surface area contributed by atoms with Gasteiger partial charge in [-0.1, -0.05) is 5.92 Å². The Morgan fingerprint density at radius 2 is 1.75 bits per heavy atom. The molecular weight excluding hydrogens is 304 g/mol. The molecule has 0 atom stereocenters. The first kappa shape index (κ1) is 17.1. The van der Waals surface area contributed by atoms with E-state index in [2.05, 4.69) is 16.4 Å². The van der Waals surface area contributed by atoms with E-state index in [1.165, 1.54) is 0 Å². The fraction of sp³-hybridized carbons (Fsp3) is 0.158. The average molecular weight is 322 g/mol. The Kier molecular flexibility index (Phi) is 6.42. The lowest BCUT2D eigenvalue weighted by Crippen LogP contribution is -2.17. The van der Waals surface area contributed by atoms with Gasteiger partial charge in [-0.2, -0.15) is 5.10 Å². The van der Waals surface area contributed by atoms with Gasteiger partial charge in [-0.3, -0.25) is 4.79 Å². The van der Waals surface area contributed by atoms with Crippen molar-refractivity contribution in [3.8, 4) is 23.8 Å². The molecular formula is C19H18N2O3. The lowest BCUT2D eigenvalue weighted by atomic mass is 10.2. The van der Waals surface area contributed by atoms with Crippen LogP contribution in [0.3, 0.4) is 0 Å². The number of carbonyl (C=O) groups is 1. The molecule has 2 aromatic carbocycles. The summed E-state index contributed by atoms with van der Waals surface area (Å²) in [7, 11) is 0. The van der Waals surface area contributed by atoms with E-state index < -0.39 is 0 Å². The topological polar surface area (TPSA) is 59.9 Å². The minimum atomic E-state index is -0.289. The molecule has 1 N–H and O–H groups in total. The molecule has 0 aliphatic heterocycles. The third-order valence-electron chi connectivity index (χ3n) is 3.01. The normalized spacial score (nSPS) is 10.2. The van der Waals surface area contributed by atoms with E-state index in [4.69, 9.17) is 15.9 Å². The maximum atomic E-state index is 12.0. The van der Waals surface area contributed by atoms with Gasteiger partial charge in [0.15, 0.2) is 0 Å². The van der Waals surface area contributed by atoms with E-state index in [0.717, 1.165) is 11.3 Å². The highest BCUT2D eigenvalue weighted by molar-refractivity contribution is 5.95. The summed E-state index contributed by atoms with van der Waals surface area (Å²) in [5, 5.41) is 3.94. The van der Waals surface area contributed by atoms with Gasteiger partial charge in [-0.15, -0.1) is 6.42 Å². The van der Waals surface area contributed by atoms with Gasteiger partial charge in [0.1, 0.15) is 18.1 Å². The number of ether oxygens (including phenoxy) is 2. The zero-order valence-corrected chi connectivity index (χ0v) is 13.4. The van der Waals surface area contributed by atoms with Crippen molar-refractivity contribution in [2.75, 3.05) is 13.2 Å². The van der Waals surface area contributed by atoms with E-state index in [1.807, 2.05) is 19.1 Å². The van der Waals surface area contributed by atoms with Crippen LogP contribution in [-0.2, 0) is 0 Å². The highest BCUT2D eigenvalue weighted by atomic mass is 16.5. The van der Waals surface area contributed by atoms with Gasteiger partial charge < -0.3 is 9.47 Å². The number of rotatable bonds is 7. The molecule has 0 heterocycles. The third kappa shape index (κ3) is 5.18. The summed E-state index contributed by atoms with van der Waals surface area (Å²) in [6.45, 7) is 2.72. The quantitative estimate of drug-likeness (QED) is 0.484. The van der Waals surface area contributed by atoms with Gasteiger partial charge in [0.2, 0.25) is 0 Å². The first-order chi connectivity index (χ1) is 11.7. The summed E-state index contributed by atoms with van der Waals surface area (Å²) in [5.74, 6) is 3.52. The van der Waals surface area contributed by atoms with E-state index in [9.17, 15) is 4.79 Å². The van der Waals surface area contributed by atoms with Crippen molar-refractivity contribution in [2.45, 2.75) is 6.92 Å². The smallest absolute Gasteiger partial charge is 0.271 e. The summed E-state index contributed by atoms with van der Waals surface area (Å²) in [5.41, 5.74) is 3.82. The summed E-state index contributed by atoms with van der Waals surface area (Å²) in [6, 6.07) is 14.1. The van der Waals surface area contributed by atoms with Crippen molar-refractivity contribution in [2.24, 2.45) is 5.10 Å². The van der Waals surface area contributed by atoms with Crippen LogP contribution in [-0.4, -0.2) is 25.3 Å². The van der Waals surface area contributed by atoms with Crippen LogP contribution in [0.15, 0.2) is 53.6 Å². The third-order valence-corrected chi connectivity index (χ3v) is 3.01. The second-order valence-corrected chi connectivity index (χ2v) is 4.72. The van der Waals surface area contributed by atoms with Crippen LogP contribution in [0.2, 0.25) is 0 Å². The number of hydrogen-bond acceptors (Lipinski definition) is 4. The molecule has 0 saturated heterocycles.